The van der Waals surface area contributed by atoms with Gasteiger partial charge in [0, 0.05) is 33.1 Å². The normalized spacial score (nSPS) is 12.7. The number of benzene rings is 2. The second kappa shape index (κ2) is 7.75. The average Bonchev–Trinajstić information content (AvgIpc) is 2.46. The fraction of sp³-hybridized carbons (Fsp3) is 0.250. The Balaban J connectivity index is 2.20. The summed E-state index contributed by atoms with van der Waals surface area (Å²) in [4.78, 5) is 2.24. The molecule has 0 amide bonds. The van der Waals surface area contributed by atoms with Crippen LogP contribution in [0.4, 0.5) is 0 Å². The molecule has 1 unspecified atom stereocenters. The molecule has 2 nitrogen and oxygen atoms in total. The van der Waals surface area contributed by atoms with E-state index in [1.165, 1.54) is 5.56 Å². The summed E-state index contributed by atoms with van der Waals surface area (Å²) >= 11 is 13.2. The molecule has 0 heterocycles. The Labute approximate surface area is 147 Å². The Kier molecular flexibility index (Phi) is 6.26. The summed E-state index contributed by atoms with van der Waals surface area (Å²) in [5, 5.41) is 0.726. The van der Waals surface area contributed by atoms with Crippen molar-refractivity contribution in [3.8, 4) is 0 Å². The second-order valence-electron chi connectivity index (χ2n) is 4.96. The lowest BCUT2D eigenvalue weighted by atomic mass is 10.0. The van der Waals surface area contributed by atoms with Gasteiger partial charge in [-0.2, -0.15) is 0 Å². The van der Waals surface area contributed by atoms with Crippen molar-refractivity contribution in [2.24, 2.45) is 5.73 Å². The van der Waals surface area contributed by atoms with Crippen LogP contribution in [0.3, 0.4) is 0 Å². The van der Waals surface area contributed by atoms with Crippen LogP contribution < -0.4 is 5.73 Å². The highest BCUT2D eigenvalue weighted by atomic mass is 79.9. The van der Waals surface area contributed by atoms with Gasteiger partial charge in [-0.3, -0.25) is 4.90 Å². The van der Waals surface area contributed by atoms with Crippen LogP contribution in [0.2, 0.25) is 5.02 Å². The van der Waals surface area contributed by atoms with Gasteiger partial charge in [0.2, 0.25) is 0 Å². The molecule has 0 radical (unpaired) electrons. The van der Waals surface area contributed by atoms with Crippen molar-refractivity contribution in [2.45, 2.75) is 12.6 Å². The van der Waals surface area contributed by atoms with E-state index in [-0.39, 0.29) is 6.04 Å². The third-order valence-corrected chi connectivity index (χ3v) is 4.90. The van der Waals surface area contributed by atoms with E-state index in [0.717, 1.165) is 26.1 Å². The Hall–Kier alpha value is -0.390. The zero-order valence-electron chi connectivity index (χ0n) is 11.7. The second-order valence-corrected chi connectivity index (χ2v) is 7.17. The molecule has 112 valence electrons. The molecule has 0 spiro atoms. The van der Waals surface area contributed by atoms with Gasteiger partial charge in [-0.1, -0.05) is 55.6 Å². The van der Waals surface area contributed by atoms with Crippen molar-refractivity contribution in [3.05, 3.63) is 67.6 Å². The molecule has 0 bridgehead atoms. The molecule has 0 saturated heterocycles. The predicted molar refractivity (Wildman–Crippen MR) is 96.6 cm³/mol. The molecule has 2 aromatic rings. The molecule has 2 N–H and O–H groups in total. The van der Waals surface area contributed by atoms with Gasteiger partial charge in [0.1, 0.15) is 0 Å². The van der Waals surface area contributed by atoms with E-state index in [1.807, 2.05) is 18.2 Å². The first-order valence-corrected chi connectivity index (χ1v) is 8.57. The van der Waals surface area contributed by atoms with Gasteiger partial charge in [0.05, 0.1) is 0 Å². The lowest BCUT2D eigenvalue weighted by Gasteiger charge is -2.28. The highest BCUT2D eigenvalue weighted by molar-refractivity contribution is 9.10. The van der Waals surface area contributed by atoms with Crippen molar-refractivity contribution >= 4 is 43.5 Å². The number of nitrogens with zero attached hydrogens (tertiary/aromatic N) is 1. The zero-order chi connectivity index (χ0) is 15.4. The number of likely N-dealkylation sites (N-methyl/N-ethyl adjacent to an activating group) is 1. The Bertz CT molecular complexity index is 602. The summed E-state index contributed by atoms with van der Waals surface area (Å²) in [5.74, 6) is 0. The van der Waals surface area contributed by atoms with Gasteiger partial charge >= 0.3 is 0 Å². The van der Waals surface area contributed by atoms with Crippen molar-refractivity contribution in [1.82, 2.24) is 4.90 Å². The van der Waals surface area contributed by atoms with Crippen LogP contribution in [0.5, 0.6) is 0 Å². The van der Waals surface area contributed by atoms with Crippen LogP contribution >= 0.6 is 43.5 Å². The van der Waals surface area contributed by atoms with E-state index in [1.54, 1.807) is 0 Å². The van der Waals surface area contributed by atoms with Crippen molar-refractivity contribution in [3.63, 3.8) is 0 Å². The Morgan fingerprint density at radius 3 is 2.43 bits per heavy atom. The monoisotopic (exact) mass is 430 g/mol. The lowest BCUT2D eigenvalue weighted by molar-refractivity contribution is 0.241. The van der Waals surface area contributed by atoms with E-state index in [2.05, 4.69) is 68.1 Å². The minimum atomic E-state index is 0.113. The summed E-state index contributed by atoms with van der Waals surface area (Å²) in [6, 6.07) is 14.3. The molecule has 0 saturated carbocycles. The first kappa shape index (κ1) is 17.0. The zero-order valence-corrected chi connectivity index (χ0v) is 15.6. The number of halogens is 3. The number of hydrogen-bond acceptors (Lipinski definition) is 2. The maximum atomic E-state index is 6.11. The average molecular weight is 433 g/mol. The Morgan fingerprint density at radius 2 is 1.81 bits per heavy atom. The fourth-order valence-corrected chi connectivity index (χ4v) is 3.26. The highest BCUT2D eigenvalue weighted by Crippen LogP contribution is 2.30. The van der Waals surface area contributed by atoms with Crippen molar-refractivity contribution in [2.75, 3.05) is 13.6 Å². The van der Waals surface area contributed by atoms with Gasteiger partial charge in [-0.05, 0) is 48.5 Å². The molecule has 0 aliphatic heterocycles. The maximum absolute atomic E-state index is 6.11. The van der Waals surface area contributed by atoms with Gasteiger partial charge in [-0.15, -0.1) is 0 Å². The summed E-state index contributed by atoms with van der Waals surface area (Å²) in [6.45, 7) is 1.36. The summed E-state index contributed by atoms with van der Waals surface area (Å²) in [5.41, 5.74) is 8.35. The van der Waals surface area contributed by atoms with Crippen LogP contribution in [0, 0.1) is 0 Å². The first-order valence-electron chi connectivity index (χ1n) is 6.61. The van der Waals surface area contributed by atoms with Gasteiger partial charge in [0.25, 0.3) is 0 Å². The van der Waals surface area contributed by atoms with E-state index in [9.17, 15) is 0 Å². The minimum absolute atomic E-state index is 0.113. The predicted octanol–water partition coefficient (Wildman–Crippen LogP) is 5.00. The van der Waals surface area contributed by atoms with E-state index >= 15 is 0 Å². The molecule has 0 aliphatic rings. The number of rotatable bonds is 5. The van der Waals surface area contributed by atoms with Crippen LogP contribution in [-0.2, 0) is 6.54 Å². The lowest BCUT2D eigenvalue weighted by Crippen LogP contribution is -2.30. The third kappa shape index (κ3) is 4.54. The SMILES string of the molecule is CN(Cc1ccc(Br)cc1)C(CN)c1cc(Cl)ccc1Br. The van der Waals surface area contributed by atoms with Gasteiger partial charge in [0.15, 0.2) is 0 Å². The van der Waals surface area contributed by atoms with Crippen LogP contribution in [0.1, 0.15) is 17.2 Å². The molecule has 1 atom stereocenters. The maximum Gasteiger partial charge on any atom is 0.0482 e. The summed E-state index contributed by atoms with van der Waals surface area (Å²) in [6.07, 6.45) is 0. The topological polar surface area (TPSA) is 29.3 Å². The smallest absolute Gasteiger partial charge is 0.0482 e. The third-order valence-electron chi connectivity index (χ3n) is 3.42. The van der Waals surface area contributed by atoms with Crippen LogP contribution in [-0.4, -0.2) is 18.5 Å². The van der Waals surface area contributed by atoms with Crippen molar-refractivity contribution < 1.29 is 0 Å². The van der Waals surface area contributed by atoms with E-state index < -0.39 is 0 Å². The highest BCUT2D eigenvalue weighted by Gasteiger charge is 2.18. The summed E-state index contributed by atoms with van der Waals surface area (Å²) in [7, 11) is 2.08. The molecule has 0 fully saturated rings. The van der Waals surface area contributed by atoms with Gasteiger partial charge in [-0.25, -0.2) is 0 Å². The van der Waals surface area contributed by atoms with Crippen LogP contribution in [0.15, 0.2) is 51.4 Å². The molecule has 21 heavy (non-hydrogen) atoms. The summed E-state index contributed by atoms with van der Waals surface area (Å²) < 4.78 is 2.12. The molecule has 2 aromatic carbocycles. The molecular weight excluding hydrogens is 415 g/mol. The quantitative estimate of drug-likeness (QED) is 0.721. The van der Waals surface area contributed by atoms with E-state index in [4.69, 9.17) is 17.3 Å². The first-order chi connectivity index (χ1) is 10.0. The van der Waals surface area contributed by atoms with Gasteiger partial charge < -0.3 is 5.73 Å². The molecule has 5 heteroatoms. The number of nitrogens with two attached hydrogens (primary N) is 1. The molecule has 2 rings (SSSR count). The molecular formula is C16H17Br2ClN2. The molecule has 0 aliphatic carbocycles. The largest absolute Gasteiger partial charge is 0.329 e. The number of hydrogen-bond donors (Lipinski definition) is 1. The minimum Gasteiger partial charge on any atom is -0.329 e. The Morgan fingerprint density at radius 1 is 1.14 bits per heavy atom. The van der Waals surface area contributed by atoms with Crippen LogP contribution in [0.25, 0.3) is 0 Å². The fourth-order valence-electron chi connectivity index (χ4n) is 2.30. The van der Waals surface area contributed by atoms with Crippen molar-refractivity contribution in [1.29, 1.82) is 0 Å². The van der Waals surface area contributed by atoms with E-state index in [0.29, 0.717) is 6.54 Å². The standard InChI is InChI=1S/C16H17Br2ClN2/c1-21(10-11-2-4-12(17)5-3-11)16(9-20)14-8-13(19)6-7-15(14)18/h2-8,16H,9-10,20H2,1H3. The molecule has 0 aromatic heterocycles.